The molecule has 3 nitrogen and oxygen atoms in total. The molecule has 1 N–H and O–H groups in total. The van der Waals surface area contributed by atoms with E-state index in [4.69, 9.17) is 0 Å². The maximum atomic E-state index is 12.2. The normalized spacial score (nSPS) is 29.6. The first kappa shape index (κ1) is 14.3. The largest absolute Gasteiger partial charge is 0.212 e. The Hall–Kier alpha value is -0.0900. The van der Waals surface area contributed by atoms with Crippen molar-refractivity contribution in [2.24, 2.45) is 11.3 Å². The SMILES string of the molecule is CC1(C)CCC(NS(=O)(=O)CC2CCCCC2)C1. The van der Waals surface area contributed by atoms with E-state index in [2.05, 4.69) is 18.6 Å². The van der Waals surface area contributed by atoms with E-state index in [0.717, 1.165) is 32.1 Å². The van der Waals surface area contributed by atoms with Crippen LogP contribution in [0.5, 0.6) is 0 Å². The summed E-state index contributed by atoms with van der Waals surface area (Å²) in [6.07, 6.45) is 8.99. The molecule has 2 aliphatic rings. The Morgan fingerprint density at radius 1 is 1.11 bits per heavy atom. The Morgan fingerprint density at radius 2 is 1.78 bits per heavy atom. The van der Waals surface area contributed by atoms with Gasteiger partial charge in [0.2, 0.25) is 10.0 Å². The van der Waals surface area contributed by atoms with Crippen molar-refractivity contribution < 1.29 is 8.42 Å². The van der Waals surface area contributed by atoms with Crippen LogP contribution >= 0.6 is 0 Å². The second-order valence-electron chi connectivity index (χ2n) is 7.01. The lowest BCUT2D eigenvalue weighted by molar-refractivity contribution is 0.370. The van der Waals surface area contributed by atoms with Crippen LogP contribution in [-0.2, 0) is 10.0 Å². The number of rotatable bonds is 4. The fourth-order valence-corrected chi connectivity index (χ4v) is 5.26. The molecule has 2 aliphatic carbocycles. The van der Waals surface area contributed by atoms with Crippen LogP contribution in [0.25, 0.3) is 0 Å². The molecule has 1 unspecified atom stereocenters. The van der Waals surface area contributed by atoms with Gasteiger partial charge in [-0.05, 0) is 43.4 Å². The van der Waals surface area contributed by atoms with Crippen LogP contribution in [0, 0.1) is 11.3 Å². The lowest BCUT2D eigenvalue weighted by Gasteiger charge is -2.23. The first-order chi connectivity index (χ1) is 8.36. The molecule has 2 fully saturated rings. The van der Waals surface area contributed by atoms with Gasteiger partial charge in [-0.2, -0.15) is 0 Å². The molecule has 0 aromatic carbocycles. The molecule has 0 saturated heterocycles. The van der Waals surface area contributed by atoms with Crippen LogP contribution in [0.2, 0.25) is 0 Å². The Balaban J connectivity index is 1.83. The molecule has 0 aromatic heterocycles. The molecule has 18 heavy (non-hydrogen) atoms. The van der Waals surface area contributed by atoms with Gasteiger partial charge in [-0.3, -0.25) is 0 Å². The van der Waals surface area contributed by atoms with Gasteiger partial charge in [0.05, 0.1) is 5.75 Å². The lowest BCUT2D eigenvalue weighted by atomic mass is 9.91. The Bertz CT molecular complexity index is 369. The molecule has 0 aromatic rings. The average Bonchev–Trinajstić information content (AvgIpc) is 2.57. The van der Waals surface area contributed by atoms with Crippen LogP contribution in [0.1, 0.15) is 65.2 Å². The molecule has 0 heterocycles. The highest BCUT2D eigenvalue weighted by atomic mass is 32.2. The van der Waals surface area contributed by atoms with Gasteiger partial charge < -0.3 is 0 Å². The summed E-state index contributed by atoms with van der Waals surface area (Å²) in [6, 6.07) is 0.175. The molecule has 0 aliphatic heterocycles. The van der Waals surface area contributed by atoms with Crippen LogP contribution in [0.15, 0.2) is 0 Å². The summed E-state index contributed by atoms with van der Waals surface area (Å²) < 4.78 is 27.2. The summed E-state index contributed by atoms with van der Waals surface area (Å²) >= 11 is 0. The molecule has 1 atom stereocenters. The van der Waals surface area contributed by atoms with E-state index in [1.807, 2.05) is 0 Å². The van der Waals surface area contributed by atoms with E-state index in [1.165, 1.54) is 19.3 Å². The van der Waals surface area contributed by atoms with Crippen molar-refractivity contribution in [2.75, 3.05) is 5.75 Å². The van der Waals surface area contributed by atoms with E-state index in [9.17, 15) is 8.42 Å². The highest BCUT2D eigenvalue weighted by molar-refractivity contribution is 7.89. The Labute approximate surface area is 112 Å². The number of hydrogen-bond acceptors (Lipinski definition) is 2. The fraction of sp³-hybridized carbons (Fsp3) is 1.00. The molecular weight excluding hydrogens is 246 g/mol. The molecule has 4 heteroatoms. The second kappa shape index (κ2) is 5.49. The summed E-state index contributed by atoms with van der Waals surface area (Å²) in [5.74, 6) is 0.745. The minimum Gasteiger partial charge on any atom is -0.212 e. The van der Waals surface area contributed by atoms with Gasteiger partial charge in [-0.25, -0.2) is 13.1 Å². The molecule has 0 radical (unpaired) electrons. The third kappa shape index (κ3) is 4.23. The standard InChI is InChI=1S/C14H27NO2S/c1-14(2)9-8-13(10-14)15-18(16,17)11-12-6-4-3-5-7-12/h12-13,15H,3-11H2,1-2H3. The maximum Gasteiger partial charge on any atom is 0.212 e. The molecular formula is C14H27NO2S. The first-order valence-corrected chi connectivity index (χ1v) is 9.02. The zero-order chi connectivity index (χ0) is 13.2. The summed E-state index contributed by atoms with van der Waals surface area (Å²) in [6.45, 7) is 4.45. The maximum absolute atomic E-state index is 12.2. The van der Waals surface area contributed by atoms with Gasteiger partial charge >= 0.3 is 0 Å². The van der Waals surface area contributed by atoms with Gasteiger partial charge in [-0.1, -0.05) is 33.1 Å². The first-order valence-electron chi connectivity index (χ1n) is 7.36. The minimum absolute atomic E-state index is 0.175. The third-order valence-electron chi connectivity index (χ3n) is 4.49. The number of nitrogens with one attached hydrogen (secondary N) is 1. The Kier molecular flexibility index (Phi) is 4.37. The van der Waals surface area contributed by atoms with E-state index >= 15 is 0 Å². The Morgan fingerprint density at radius 3 is 2.33 bits per heavy atom. The van der Waals surface area contributed by atoms with E-state index in [0.29, 0.717) is 17.1 Å². The van der Waals surface area contributed by atoms with Gasteiger partial charge in [0.25, 0.3) is 0 Å². The predicted molar refractivity (Wildman–Crippen MR) is 74.9 cm³/mol. The number of hydrogen-bond donors (Lipinski definition) is 1. The van der Waals surface area contributed by atoms with Crippen LogP contribution < -0.4 is 4.72 Å². The third-order valence-corrected chi connectivity index (χ3v) is 6.10. The minimum atomic E-state index is -3.06. The fourth-order valence-electron chi connectivity index (χ4n) is 3.50. The van der Waals surface area contributed by atoms with Crippen molar-refractivity contribution in [3.63, 3.8) is 0 Å². The van der Waals surface area contributed by atoms with Crippen LogP contribution in [0.4, 0.5) is 0 Å². The predicted octanol–water partition coefficient (Wildman–Crippen LogP) is 3.06. The molecule has 0 bridgehead atoms. The lowest BCUT2D eigenvalue weighted by Crippen LogP contribution is -2.37. The summed E-state index contributed by atoms with van der Waals surface area (Å²) in [7, 11) is -3.06. The number of sulfonamides is 1. The van der Waals surface area contributed by atoms with Gasteiger partial charge in [0.1, 0.15) is 0 Å². The molecule has 2 rings (SSSR count). The van der Waals surface area contributed by atoms with E-state index < -0.39 is 10.0 Å². The van der Waals surface area contributed by atoms with Crippen molar-refractivity contribution in [2.45, 2.75) is 71.3 Å². The van der Waals surface area contributed by atoms with Gasteiger partial charge in [-0.15, -0.1) is 0 Å². The zero-order valence-corrected chi connectivity index (χ0v) is 12.6. The summed E-state index contributed by atoms with van der Waals surface area (Å²) in [5.41, 5.74) is 0.304. The second-order valence-corrected chi connectivity index (χ2v) is 8.81. The highest BCUT2D eigenvalue weighted by Gasteiger charge is 2.33. The smallest absolute Gasteiger partial charge is 0.212 e. The molecule has 106 valence electrons. The summed E-state index contributed by atoms with van der Waals surface area (Å²) in [4.78, 5) is 0. The van der Waals surface area contributed by atoms with Crippen molar-refractivity contribution in [3.05, 3.63) is 0 Å². The van der Waals surface area contributed by atoms with Gasteiger partial charge in [0.15, 0.2) is 0 Å². The average molecular weight is 273 g/mol. The van der Waals surface area contributed by atoms with Crippen molar-refractivity contribution in [3.8, 4) is 0 Å². The van der Waals surface area contributed by atoms with Crippen LogP contribution in [0.3, 0.4) is 0 Å². The van der Waals surface area contributed by atoms with E-state index in [-0.39, 0.29) is 6.04 Å². The van der Waals surface area contributed by atoms with Crippen molar-refractivity contribution in [1.82, 2.24) is 4.72 Å². The van der Waals surface area contributed by atoms with E-state index in [1.54, 1.807) is 0 Å². The van der Waals surface area contributed by atoms with Crippen molar-refractivity contribution >= 4 is 10.0 Å². The van der Waals surface area contributed by atoms with Crippen molar-refractivity contribution in [1.29, 1.82) is 0 Å². The monoisotopic (exact) mass is 273 g/mol. The van der Waals surface area contributed by atoms with Crippen LogP contribution in [-0.4, -0.2) is 20.2 Å². The molecule has 0 spiro atoms. The zero-order valence-electron chi connectivity index (χ0n) is 11.7. The summed E-state index contributed by atoms with van der Waals surface area (Å²) in [5, 5.41) is 0. The molecule has 0 amide bonds. The molecule has 2 saturated carbocycles. The topological polar surface area (TPSA) is 46.2 Å². The highest BCUT2D eigenvalue weighted by Crippen LogP contribution is 2.37. The van der Waals surface area contributed by atoms with Gasteiger partial charge in [0, 0.05) is 6.04 Å². The quantitative estimate of drug-likeness (QED) is 0.855.